The van der Waals surface area contributed by atoms with Crippen molar-refractivity contribution in [1.82, 2.24) is 19.7 Å². The van der Waals surface area contributed by atoms with Gasteiger partial charge in [-0.25, -0.2) is 9.67 Å². The number of likely N-dealkylation sites (tertiary alicyclic amines) is 1. The van der Waals surface area contributed by atoms with Crippen LogP contribution in [0, 0.1) is 17.0 Å². The fourth-order valence-corrected chi connectivity index (χ4v) is 3.00. The van der Waals surface area contributed by atoms with Crippen LogP contribution in [0.15, 0.2) is 30.9 Å². The van der Waals surface area contributed by atoms with E-state index in [1.807, 2.05) is 16.8 Å². The van der Waals surface area contributed by atoms with Gasteiger partial charge in [0.05, 0.1) is 11.0 Å². The van der Waals surface area contributed by atoms with Crippen LogP contribution in [0.4, 0.5) is 5.69 Å². The third kappa shape index (κ3) is 3.14. The van der Waals surface area contributed by atoms with Crippen molar-refractivity contribution < 1.29 is 4.92 Å². The van der Waals surface area contributed by atoms with Gasteiger partial charge in [0.2, 0.25) is 0 Å². The van der Waals surface area contributed by atoms with E-state index in [4.69, 9.17) is 0 Å². The number of aryl methyl sites for hydroxylation is 1. The van der Waals surface area contributed by atoms with Gasteiger partial charge in [0.25, 0.3) is 5.69 Å². The Morgan fingerprint density at radius 1 is 1.45 bits per heavy atom. The molecule has 7 heteroatoms. The Kier molecular flexibility index (Phi) is 4.15. The van der Waals surface area contributed by atoms with Crippen LogP contribution in [0.3, 0.4) is 0 Å². The van der Waals surface area contributed by atoms with E-state index in [1.54, 1.807) is 25.6 Å². The molecule has 1 fully saturated rings. The van der Waals surface area contributed by atoms with Crippen molar-refractivity contribution in [3.63, 3.8) is 0 Å². The second-order valence-corrected chi connectivity index (χ2v) is 5.78. The summed E-state index contributed by atoms with van der Waals surface area (Å²) in [5.41, 5.74) is 1.88. The zero-order valence-electron chi connectivity index (χ0n) is 12.6. The lowest BCUT2D eigenvalue weighted by atomic mass is 10.0. The number of nitro groups is 1. The van der Waals surface area contributed by atoms with Gasteiger partial charge >= 0.3 is 0 Å². The van der Waals surface area contributed by atoms with Crippen molar-refractivity contribution in [3.05, 3.63) is 52.1 Å². The fourth-order valence-electron chi connectivity index (χ4n) is 3.00. The molecular formula is C15H19N5O2. The Hall–Kier alpha value is -2.28. The van der Waals surface area contributed by atoms with E-state index < -0.39 is 0 Å². The Bertz CT molecular complexity index is 656. The normalized spacial score (nSPS) is 19.2. The topological polar surface area (TPSA) is 77.1 Å². The van der Waals surface area contributed by atoms with Crippen LogP contribution in [-0.2, 0) is 6.54 Å². The summed E-state index contributed by atoms with van der Waals surface area (Å²) >= 11 is 0. The number of benzene rings is 1. The SMILES string of the molecule is Cc1ccc(CN2CCC[C@H](n3cncn3)C2)cc1[N+](=O)[O-]. The van der Waals surface area contributed by atoms with Crippen molar-refractivity contribution in [2.45, 2.75) is 32.4 Å². The molecule has 0 aliphatic carbocycles. The number of nitro benzene ring substituents is 1. The van der Waals surface area contributed by atoms with E-state index in [-0.39, 0.29) is 10.6 Å². The number of piperidine rings is 1. The maximum atomic E-state index is 11.0. The summed E-state index contributed by atoms with van der Waals surface area (Å²) in [6.07, 6.45) is 5.50. The number of hydrogen-bond acceptors (Lipinski definition) is 5. The minimum absolute atomic E-state index is 0.197. The highest BCUT2D eigenvalue weighted by Gasteiger charge is 2.22. The number of rotatable bonds is 4. The second-order valence-electron chi connectivity index (χ2n) is 5.78. The highest BCUT2D eigenvalue weighted by Crippen LogP contribution is 2.24. The van der Waals surface area contributed by atoms with Crippen molar-refractivity contribution in [3.8, 4) is 0 Å². The lowest BCUT2D eigenvalue weighted by molar-refractivity contribution is -0.385. The molecule has 116 valence electrons. The standard InChI is InChI=1S/C15H19N5O2/c1-12-4-5-13(7-15(12)20(21)22)8-18-6-2-3-14(9-18)19-11-16-10-17-19/h4-5,7,10-11,14H,2-3,6,8-9H2,1H3/t14-/m0/s1. The summed E-state index contributed by atoms with van der Waals surface area (Å²) < 4.78 is 1.91. The van der Waals surface area contributed by atoms with Gasteiger partial charge in [-0.3, -0.25) is 15.0 Å². The summed E-state index contributed by atoms with van der Waals surface area (Å²) in [4.78, 5) is 17.1. The molecule has 0 saturated carbocycles. The molecular weight excluding hydrogens is 282 g/mol. The largest absolute Gasteiger partial charge is 0.297 e. The molecule has 3 rings (SSSR count). The lowest BCUT2D eigenvalue weighted by Crippen LogP contribution is -2.36. The van der Waals surface area contributed by atoms with E-state index in [0.717, 1.165) is 38.0 Å². The Morgan fingerprint density at radius 2 is 2.32 bits per heavy atom. The van der Waals surface area contributed by atoms with E-state index >= 15 is 0 Å². The van der Waals surface area contributed by atoms with Crippen LogP contribution in [-0.4, -0.2) is 37.7 Å². The summed E-state index contributed by atoms with van der Waals surface area (Å²) in [7, 11) is 0. The van der Waals surface area contributed by atoms with Gasteiger partial charge in [0.1, 0.15) is 12.7 Å². The Labute approximate surface area is 128 Å². The zero-order chi connectivity index (χ0) is 15.5. The van der Waals surface area contributed by atoms with E-state index in [1.165, 1.54) is 0 Å². The minimum atomic E-state index is -0.312. The van der Waals surface area contributed by atoms with Crippen LogP contribution in [0.5, 0.6) is 0 Å². The highest BCUT2D eigenvalue weighted by atomic mass is 16.6. The van der Waals surface area contributed by atoms with Crippen molar-refractivity contribution in [2.24, 2.45) is 0 Å². The van der Waals surface area contributed by atoms with Crippen LogP contribution >= 0.6 is 0 Å². The fraction of sp³-hybridized carbons (Fsp3) is 0.467. The van der Waals surface area contributed by atoms with Crippen molar-refractivity contribution in [1.29, 1.82) is 0 Å². The first-order valence-electron chi connectivity index (χ1n) is 7.44. The first-order chi connectivity index (χ1) is 10.6. The van der Waals surface area contributed by atoms with Crippen LogP contribution in [0.2, 0.25) is 0 Å². The predicted octanol–water partition coefficient (Wildman–Crippen LogP) is 2.33. The van der Waals surface area contributed by atoms with Gasteiger partial charge in [0, 0.05) is 24.7 Å². The van der Waals surface area contributed by atoms with Crippen molar-refractivity contribution >= 4 is 5.69 Å². The molecule has 1 aliphatic heterocycles. The smallest absolute Gasteiger partial charge is 0.272 e. The van der Waals surface area contributed by atoms with E-state index in [9.17, 15) is 10.1 Å². The monoisotopic (exact) mass is 301 g/mol. The second kappa shape index (κ2) is 6.23. The number of nitrogens with zero attached hydrogens (tertiary/aromatic N) is 5. The van der Waals surface area contributed by atoms with Gasteiger partial charge in [-0.05, 0) is 31.9 Å². The Morgan fingerprint density at radius 3 is 3.05 bits per heavy atom. The summed E-state index contributed by atoms with van der Waals surface area (Å²) in [5.74, 6) is 0. The molecule has 0 N–H and O–H groups in total. The van der Waals surface area contributed by atoms with Crippen molar-refractivity contribution in [2.75, 3.05) is 13.1 Å². The maximum Gasteiger partial charge on any atom is 0.272 e. The lowest BCUT2D eigenvalue weighted by Gasteiger charge is -2.32. The molecule has 1 aromatic carbocycles. The number of hydrogen-bond donors (Lipinski definition) is 0. The van der Waals surface area contributed by atoms with E-state index in [2.05, 4.69) is 15.0 Å². The first-order valence-corrected chi connectivity index (χ1v) is 7.44. The summed E-state index contributed by atoms with van der Waals surface area (Å²) in [6.45, 7) is 4.40. The summed E-state index contributed by atoms with van der Waals surface area (Å²) in [6, 6.07) is 5.82. The highest BCUT2D eigenvalue weighted by molar-refractivity contribution is 5.42. The molecule has 22 heavy (non-hydrogen) atoms. The molecule has 1 aliphatic rings. The third-order valence-electron chi connectivity index (χ3n) is 4.17. The van der Waals surface area contributed by atoms with Gasteiger partial charge in [-0.15, -0.1) is 0 Å². The molecule has 7 nitrogen and oxygen atoms in total. The minimum Gasteiger partial charge on any atom is -0.297 e. The van der Waals surface area contributed by atoms with Gasteiger partial charge < -0.3 is 0 Å². The number of aromatic nitrogens is 3. The quantitative estimate of drug-likeness (QED) is 0.640. The maximum absolute atomic E-state index is 11.0. The molecule has 1 atom stereocenters. The van der Waals surface area contributed by atoms with Crippen LogP contribution in [0.25, 0.3) is 0 Å². The van der Waals surface area contributed by atoms with Gasteiger partial charge in [0.15, 0.2) is 0 Å². The average molecular weight is 301 g/mol. The van der Waals surface area contributed by atoms with Gasteiger partial charge in [-0.2, -0.15) is 5.10 Å². The van der Waals surface area contributed by atoms with Crippen LogP contribution < -0.4 is 0 Å². The zero-order valence-corrected chi connectivity index (χ0v) is 12.6. The predicted molar refractivity (Wildman–Crippen MR) is 81.4 cm³/mol. The molecule has 2 heterocycles. The summed E-state index contributed by atoms with van der Waals surface area (Å²) in [5, 5.41) is 15.3. The third-order valence-corrected chi connectivity index (χ3v) is 4.17. The molecule has 1 aromatic heterocycles. The molecule has 2 aromatic rings. The molecule has 0 amide bonds. The average Bonchev–Trinajstić information content (AvgIpc) is 3.03. The molecule has 1 saturated heterocycles. The van der Waals surface area contributed by atoms with Gasteiger partial charge in [-0.1, -0.05) is 12.1 Å². The van der Waals surface area contributed by atoms with Crippen LogP contribution in [0.1, 0.15) is 30.0 Å². The molecule has 0 bridgehead atoms. The van der Waals surface area contributed by atoms with E-state index in [0.29, 0.717) is 11.6 Å². The first kappa shape index (κ1) is 14.6. The Balaban J connectivity index is 1.70. The molecule has 0 radical (unpaired) electrons. The molecule has 0 unspecified atom stereocenters. The molecule has 0 spiro atoms.